The molecule has 0 spiro atoms. The van der Waals surface area contributed by atoms with Gasteiger partial charge in [0.25, 0.3) is 0 Å². The van der Waals surface area contributed by atoms with Crippen molar-refractivity contribution < 1.29 is 4.79 Å². The normalized spacial score (nSPS) is 27.0. The van der Waals surface area contributed by atoms with Gasteiger partial charge in [-0.25, -0.2) is 0 Å². The van der Waals surface area contributed by atoms with Gasteiger partial charge in [0.2, 0.25) is 0 Å². The molecule has 76 valence electrons. The topological polar surface area (TPSA) is 40.9 Å². The lowest BCUT2D eigenvalue weighted by molar-refractivity contribution is -0.119. The second-order valence-corrected chi connectivity index (χ2v) is 3.87. The highest BCUT2D eigenvalue weighted by atomic mass is 16.1. The third-order valence-electron chi connectivity index (χ3n) is 2.79. The lowest BCUT2D eigenvalue weighted by Gasteiger charge is -2.10. The Bertz CT molecular complexity index is 262. The van der Waals surface area contributed by atoms with Crippen LogP contribution in [0.5, 0.6) is 0 Å². The van der Waals surface area contributed by atoms with E-state index < -0.39 is 0 Å². The number of nitriles is 1. The maximum Gasteiger partial charge on any atom is 0.140 e. The summed E-state index contributed by atoms with van der Waals surface area (Å²) >= 11 is 0. The van der Waals surface area contributed by atoms with Crippen LogP contribution in [0.3, 0.4) is 0 Å². The molecule has 2 heteroatoms. The number of hydrogen-bond donors (Lipinski definition) is 0. The van der Waals surface area contributed by atoms with Gasteiger partial charge in [0.1, 0.15) is 5.78 Å². The van der Waals surface area contributed by atoms with Gasteiger partial charge in [-0.05, 0) is 18.8 Å². The highest BCUT2D eigenvalue weighted by Gasteiger charge is 2.31. The highest BCUT2D eigenvalue weighted by Crippen LogP contribution is 2.32. The Hall–Kier alpha value is -1.10. The molecule has 1 aliphatic rings. The van der Waals surface area contributed by atoms with E-state index in [0.29, 0.717) is 18.6 Å². The molecule has 0 radical (unpaired) electrons. The summed E-state index contributed by atoms with van der Waals surface area (Å²) in [7, 11) is 0. The van der Waals surface area contributed by atoms with Gasteiger partial charge in [-0.1, -0.05) is 25.5 Å². The number of nitrogens with zero attached hydrogens (tertiary/aromatic N) is 1. The molecule has 2 unspecified atom stereocenters. The van der Waals surface area contributed by atoms with Crippen LogP contribution in [0.2, 0.25) is 0 Å². The zero-order valence-corrected chi connectivity index (χ0v) is 8.70. The van der Waals surface area contributed by atoms with Crippen LogP contribution in [-0.4, -0.2) is 5.78 Å². The van der Waals surface area contributed by atoms with Gasteiger partial charge in [0, 0.05) is 18.8 Å². The summed E-state index contributed by atoms with van der Waals surface area (Å²) in [5, 5.41) is 8.62. The molecule has 0 heterocycles. The predicted molar refractivity (Wildman–Crippen MR) is 55.5 cm³/mol. The van der Waals surface area contributed by atoms with Gasteiger partial charge in [0.15, 0.2) is 0 Å². The Labute approximate surface area is 85.6 Å². The molecular weight excluding hydrogens is 174 g/mol. The molecule has 0 N–H and O–H groups in total. The molecule has 2 atom stereocenters. The van der Waals surface area contributed by atoms with Gasteiger partial charge in [-0.3, -0.25) is 4.79 Å². The quantitative estimate of drug-likeness (QED) is 0.641. The summed E-state index contributed by atoms with van der Waals surface area (Å²) in [5.74, 6) is 0.624. The van der Waals surface area contributed by atoms with Crippen molar-refractivity contribution in [3.05, 3.63) is 12.2 Å². The van der Waals surface area contributed by atoms with E-state index in [1.54, 1.807) is 0 Å². The fraction of sp³-hybridized carbons (Fsp3) is 0.667. The Morgan fingerprint density at radius 2 is 2.43 bits per heavy atom. The number of allylic oxidation sites excluding steroid dienone is 2. The molecule has 0 aliphatic heterocycles. The SMILES string of the molecule is CCCC=CC1C(=O)CCC1CC#N. The number of rotatable bonds is 4. The van der Waals surface area contributed by atoms with Gasteiger partial charge < -0.3 is 0 Å². The third-order valence-corrected chi connectivity index (χ3v) is 2.79. The Balaban J connectivity index is 2.54. The van der Waals surface area contributed by atoms with Crippen molar-refractivity contribution in [1.82, 2.24) is 0 Å². The first-order valence-electron chi connectivity index (χ1n) is 5.36. The summed E-state index contributed by atoms with van der Waals surface area (Å²) in [6.07, 6.45) is 8.32. The van der Waals surface area contributed by atoms with Gasteiger partial charge >= 0.3 is 0 Å². The first-order chi connectivity index (χ1) is 6.79. The highest BCUT2D eigenvalue weighted by molar-refractivity contribution is 5.85. The number of carbonyl (C=O) groups is 1. The van der Waals surface area contributed by atoms with Gasteiger partial charge in [0.05, 0.1) is 6.07 Å². The van der Waals surface area contributed by atoms with Crippen molar-refractivity contribution in [3.63, 3.8) is 0 Å². The monoisotopic (exact) mass is 191 g/mol. The number of unbranched alkanes of at least 4 members (excludes halogenated alkanes) is 1. The molecule has 1 rings (SSSR count). The first kappa shape index (κ1) is 11.0. The van der Waals surface area contributed by atoms with E-state index in [2.05, 4.69) is 19.1 Å². The van der Waals surface area contributed by atoms with E-state index in [0.717, 1.165) is 19.3 Å². The summed E-state index contributed by atoms with van der Waals surface area (Å²) in [4.78, 5) is 11.5. The predicted octanol–water partition coefficient (Wildman–Crippen LogP) is 2.85. The molecule has 2 nitrogen and oxygen atoms in total. The van der Waals surface area contributed by atoms with E-state index in [4.69, 9.17) is 5.26 Å². The second-order valence-electron chi connectivity index (χ2n) is 3.87. The zero-order chi connectivity index (χ0) is 10.4. The minimum Gasteiger partial charge on any atom is -0.299 e. The molecule has 0 saturated heterocycles. The number of ketones is 1. The van der Waals surface area contributed by atoms with E-state index >= 15 is 0 Å². The Morgan fingerprint density at radius 3 is 3.07 bits per heavy atom. The van der Waals surface area contributed by atoms with Crippen molar-refractivity contribution in [2.24, 2.45) is 11.8 Å². The molecule has 0 amide bonds. The lowest BCUT2D eigenvalue weighted by atomic mass is 9.92. The lowest BCUT2D eigenvalue weighted by Crippen LogP contribution is -2.11. The number of hydrogen-bond acceptors (Lipinski definition) is 2. The average Bonchev–Trinajstić information content (AvgIpc) is 2.50. The molecule has 0 aromatic carbocycles. The van der Waals surface area contributed by atoms with E-state index in [9.17, 15) is 4.79 Å². The van der Waals surface area contributed by atoms with Crippen molar-refractivity contribution in [3.8, 4) is 6.07 Å². The Morgan fingerprint density at radius 1 is 1.64 bits per heavy atom. The number of Topliss-reactive ketones (excluding diaryl/α,β-unsaturated/α-hetero) is 1. The fourth-order valence-electron chi connectivity index (χ4n) is 1.96. The summed E-state index contributed by atoms with van der Waals surface area (Å²) < 4.78 is 0. The molecular formula is C12H17NO. The van der Waals surface area contributed by atoms with Crippen LogP contribution in [0.1, 0.15) is 39.0 Å². The van der Waals surface area contributed by atoms with Crippen LogP contribution in [0.25, 0.3) is 0 Å². The molecule has 0 bridgehead atoms. The van der Waals surface area contributed by atoms with E-state index in [1.165, 1.54) is 0 Å². The molecule has 0 aromatic rings. The molecule has 1 saturated carbocycles. The molecule has 1 fully saturated rings. The minimum atomic E-state index is 0.0289. The standard InChI is InChI=1S/C12H17NO/c1-2-3-4-5-11-10(8-9-13)6-7-12(11)14/h4-5,10-11H,2-3,6-8H2,1H3. The average molecular weight is 191 g/mol. The van der Waals surface area contributed by atoms with Crippen molar-refractivity contribution in [1.29, 1.82) is 5.26 Å². The maximum absolute atomic E-state index is 11.5. The van der Waals surface area contributed by atoms with Crippen LogP contribution >= 0.6 is 0 Å². The zero-order valence-electron chi connectivity index (χ0n) is 8.70. The van der Waals surface area contributed by atoms with Crippen molar-refractivity contribution >= 4 is 5.78 Å². The molecule has 0 aromatic heterocycles. The first-order valence-corrected chi connectivity index (χ1v) is 5.36. The fourth-order valence-corrected chi connectivity index (χ4v) is 1.96. The van der Waals surface area contributed by atoms with Crippen LogP contribution < -0.4 is 0 Å². The van der Waals surface area contributed by atoms with Crippen LogP contribution in [0.4, 0.5) is 0 Å². The molecule has 1 aliphatic carbocycles. The van der Waals surface area contributed by atoms with Crippen LogP contribution in [-0.2, 0) is 4.79 Å². The summed E-state index contributed by atoms with van der Waals surface area (Å²) in [6.45, 7) is 2.12. The maximum atomic E-state index is 11.5. The van der Waals surface area contributed by atoms with E-state index in [-0.39, 0.29) is 11.8 Å². The Kier molecular flexibility index (Phi) is 4.39. The summed E-state index contributed by atoms with van der Waals surface area (Å²) in [6, 6.07) is 2.16. The van der Waals surface area contributed by atoms with Crippen molar-refractivity contribution in [2.75, 3.05) is 0 Å². The minimum absolute atomic E-state index is 0.0289. The smallest absolute Gasteiger partial charge is 0.140 e. The molecule has 14 heavy (non-hydrogen) atoms. The van der Waals surface area contributed by atoms with Gasteiger partial charge in [-0.2, -0.15) is 5.26 Å². The van der Waals surface area contributed by atoms with E-state index in [1.807, 2.05) is 6.08 Å². The van der Waals surface area contributed by atoms with Gasteiger partial charge in [-0.15, -0.1) is 0 Å². The van der Waals surface area contributed by atoms with Crippen molar-refractivity contribution in [2.45, 2.75) is 39.0 Å². The summed E-state index contributed by atoms with van der Waals surface area (Å²) in [5.41, 5.74) is 0. The number of carbonyl (C=O) groups excluding carboxylic acids is 1. The van der Waals surface area contributed by atoms with Crippen LogP contribution in [0, 0.1) is 23.2 Å². The van der Waals surface area contributed by atoms with Crippen LogP contribution in [0.15, 0.2) is 12.2 Å². The second kappa shape index (κ2) is 5.59. The largest absolute Gasteiger partial charge is 0.299 e. The third kappa shape index (κ3) is 2.70.